The molecule has 0 aliphatic carbocycles. The number of aryl methyl sites for hydroxylation is 1. The van der Waals surface area contributed by atoms with E-state index in [4.69, 9.17) is 0 Å². The van der Waals surface area contributed by atoms with Gasteiger partial charge in [-0.1, -0.05) is 6.07 Å². The number of nitrogens with zero attached hydrogens (tertiary/aromatic N) is 3. The van der Waals surface area contributed by atoms with Crippen molar-refractivity contribution in [1.82, 2.24) is 4.98 Å². The Bertz CT molecular complexity index is 1410. The summed E-state index contributed by atoms with van der Waals surface area (Å²) in [6.07, 6.45) is 1.79. The van der Waals surface area contributed by atoms with Crippen LogP contribution in [0.5, 0.6) is 0 Å². The topological polar surface area (TPSA) is 110 Å². The summed E-state index contributed by atoms with van der Waals surface area (Å²) in [6, 6.07) is 12.6. The van der Waals surface area contributed by atoms with Crippen molar-refractivity contribution in [1.29, 1.82) is 0 Å². The van der Waals surface area contributed by atoms with Crippen LogP contribution in [-0.2, 0) is 9.37 Å². The predicted molar refractivity (Wildman–Crippen MR) is 123 cm³/mol. The van der Waals surface area contributed by atoms with Crippen LogP contribution in [0.3, 0.4) is 0 Å². The van der Waals surface area contributed by atoms with Crippen molar-refractivity contribution >= 4 is 35.4 Å². The molecule has 1 amide bonds. The summed E-state index contributed by atoms with van der Waals surface area (Å²) in [5, 5.41) is 19.3. The molecule has 170 valence electrons. The third-order valence-corrected chi connectivity index (χ3v) is 6.00. The molecular weight excluding hydrogens is 467 g/mol. The number of pyridine rings is 1. The van der Waals surface area contributed by atoms with E-state index < -0.39 is 0 Å². The van der Waals surface area contributed by atoms with Gasteiger partial charge in [-0.2, -0.15) is 9.34 Å². The number of nitrogens with one attached hydrogen (secondary N) is 1. The van der Waals surface area contributed by atoms with E-state index in [1.54, 1.807) is 37.3 Å². The Labute approximate surface area is 222 Å². The standard InChI is InChI=1S/C23H22N4O5S.Na/c1-13-11-17(26(3)4)6-5-15(13)12-19-14(2)20-21(24-22(19)28)25-27(23(20)29)16-7-9-18(10-8-16)33-32-31-30;/h5-12,30H,1-4H3,(H,24,25,28);/q;+1/p-1/b19-12+;. The summed E-state index contributed by atoms with van der Waals surface area (Å²) in [5.74, 6) is -0.340. The van der Waals surface area contributed by atoms with Crippen molar-refractivity contribution in [2.45, 2.75) is 18.7 Å². The monoisotopic (exact) mass is 488 g/mol. The molecule has 9 nitrogen and oxygen atoms in total. The number of anilines is 2. The van der Waals surface area contributed by atoms with Gasteiger partial charge in [0.05, 0.1) is 23.3 Å². The molecule has 0 fully saturated rings. The van der Waals surface area contributed by atoms with Crippen molar-refractivity contribution in [2.75, 3.05) is 24.0 Å². The van der Waals surface area contributed by atoms with Gasteiger partial charge in [0, 0.05) is 29.9 Å². The van der Waals surface area contributed by atoms with Crippen LogP contribution in [0, 0.1) is 13.8 Å². The summed E-state index contributed by atoms with van der Waals surface area (Å²) in [7, 11) is 3.94. The van der Waals surface area contributed by atoms with Crippen LogP contribution >= 0.6 is 12.0 Å². The maximum atomic E-state index is 13.2. The number of carbonyl (C=O) groups excluding carboxylic acids is 1. The first-order valence-corrected chi connectivity index (χ1v) is 10.7. The van der Waals surface area contributed by atoms with Gasteiger partial charge in [0.15, 0.2) is 5.49 Å². The Morgan fingerprint density at radius 2 is 1.82 bits per heavy atom. The van der Waals surface area contributed by atoms with Crippen molar-refractivity contribution in [2.24, 2.45) is 5.10 Å². The van der Waals surface area contributed by atoms with Gasteiger partial charge in [0.2, 0.25) is 0 Å². The summed E-state index contributed by atoms with van der Waals surface area (Å²) >= 11 is 0.747. The smallest absolute Gasteiger partial charge is 0.691 e. The van der Waals surface area contributed by atoms with E-state index in [-0.39, 0.29) is 46.5 Å². The SMILES string of the molecule is Cc1cc(N(C)C)ccc1/C=c1\c(C)c2c([nH]c1=O)=NN(c1ccc(SOO[O-])cc1)C2=O.[Na+]. The fourth-order valence-corrected chi connectivity index (χ4v) is 3.96. The van der Waals surface area contributed by atoms with Gasteiger partial charge in [0.1, 0.15) is 0 Å². The fourth-order valence-electron chi connectivity index (χ4n) is 3.61. The molecular formula is C23H21N4NaO5S. The van der Waals surface area contributed by atoms with Crippen molar-refractivity contribution in [3.05, 3.63) is 85.8 Å². The molecule has 1 aliphatic rings. The molecule has 0 spiro atoms. The molecule has 4 rings (SSSR count). The van der Waals surface area contributed by atoms with Gasteiger partial charge in [-0.25, -0.2) is 0 Å². The van der Waals surface area contributed by atoms with E-state index in [2.05, 4.69) is 19.5 Å². The first-order chi connectivity index (χ1) is 15.8. The molecule has 3 aromatic rings. The maximum Gasteiger partial charge on any atom is 1.00 e. The summed E-state index contributed by atoms with van der Waals surface area (Å²) in [6.45, 7) is 3.73. The first kappa shape index (κ1) is 26.2. The average molecular weight is 489 g/mol. The van der Waals surface area contributed by atoms with Crippen LogP contribution in [0.2, 0.25) is 0 Å². The van der Waals surface area contributed by atoms with Gasteiger partial charge in [0.25, 0.3) is 11.5 Å². The number of fused-ring (bicyclic) bond motifs is 1. The molecule has 0 unspecified atom stereocenters. The zero-order valence-electron chi connectivity index (χ0n) is 19.4. The predicted octanol–water partition coefficient (Wildman–Crippen LogP) is -1.68. The summed E-state index contributed by atoms with van der Waals surface area (Å²) in [4.78, 5) is 31.4. The van der Waals surface area contributed by atoms with Gasteiger partial charge in [-0.15, -0.1) is 5.10 Å². The van der Waals surface area contributed by atoms with E-state index >= 15 is 0 Å². The number of aromatic amines is 1. The second kappa shape index (κ2) is 10.9. The summed E-state index contributed by atoms with van der Waals surface area (Å²) < 4.78 is 4.29. The molecule has 1 aliphatic heterocycles. The molecule has 11 heteroatoms. The molecule has 0 saturated heterocycles. The Morgan fingerprint density at radius 3 is 2.44 bits per heavy atom. The number of benzene rings is 2. The second-order valence-electron chi connectivity index (χ2n) is 7.73. The fraction of sp³-hybridized carbons (Fsp3) is 0.174. The zero-order chi connectivity index (χ0) is 23.7. The number of H-pyrrole nitrogens is 1. The number of carbonyl (C=O) groups is 1. The number of rotatable bonds is 6. The Balaban J connectivity index is 0.00000324. The molecule has 1 N–H and O–H groups in total. The van der Waals surface area contributed by atoms with Crippen LogP contribution in [-0.4, -0.2) is 25.0 Å². The molecule has 2 aromatic carbocycles. The normalized spacial score (nSPS) is 12.9. The molecule has 0 bridgehead atoms. The number of hydrogen-bond acceptors (Lipinski definition) is 8. The minimum absolute atomic E-state index is 0. The number of amides is 1. The third kappa shape index (κ3) is 5.13. The maximum absolute atomic E-state index is 13.2. The van der Waals surface area contributed by atoms with Crippen molar-refractivity contribution < 1.29 is 49.0 Å². The number of aromatic nitrogens is 1. The Hall–Kier alpha value is -2.44. The zero-order valence-corrected chi connectivity index (χ0v) is 22.2. The Morgan fingerprint density at radius 1 is 1.12 bits per heavy atom. The Kier molecular flexibility index (Phi) is 8.37. The molecule has 2 heterocycles. The molecule has 0 atom stereocenters. The van der Waals surface area contributed by atoms with Crippen molar-refractivity contribution in [3.8, 4) is 0 Å². The number of hydrogen-bond donors (Lipinski definition) is 1. The van der Waals surface area contributed by atoms with Crippen LogP contribution < -0.4 is 61.0 Å². The molecule has 34 heavy (non-hydrogen) atoms. The van der Waals surface area contributed by atoms with Crippen LogP contribution in [0.4, 0.5) is 11.4 Å². The second-order valence-corrected chi connectivity index (χ2v) is 8.50. The summed E-state index contributed by atoms with van der Waals surface area (Å²) in [5.41, 5.74) is 4.30. The van der Waals surface area contributed by atoms with E-state index in [1.807, 2.05) is 44.1 Å². The van der Waals surface area contributed by atoms with Crippen LogP contribution in [0.25, 0.3) is 6.08 Å². The van der Waals surface area contributed by atoms with Crippen molar-refractivity contribution in [3.63, 3.8) is 0 Å². The largest absolute Gasteiger partial charge is 1.00 e. The molecule has 0 radical (unpaired) electrons. The molecule has 0 saturated carbocycles. The van der Waals surface area contributed by atoms with Crippen LogP contribution in [0.15, 0.2) is 57.3 Å². The van der Waals surface area contributed by atoms with Gasteiger partial charge >= 0.3 is 29.6 Å². The minimum atomic E-state index is -0.340. The minimum Gasteiger partial charge on any atom is -0.691 e. The average Bonchev–Trinajstić information content (AvgIpc) is 3.12. The van der Waals surface area contributed by atoms with E-state index in [0.717, 1.165) is 28.9 Å². The van der Waals surface area contributed by atoms with Gasteiger partial charge in [-0.3, -0.25) is 14.6 Å². The van der Waals surface area contributed by atoms with Gasteiger partial charge < -0.3 is 15.1 Å². The van der Waals surface area contributed by atoms with E-state index in [9.17, 15) is 14.8 Å². The first-order valence-electron chi connectivity index (χ1n) is 9.99. The van der Waals surface area contributed by atoms with E-state index in [0.29, 0.717) is 26.9 Å². The van der Waals surface area contributed by atoms with E-state index in [1.165, 1.54) is 5.01 Å². The van der Waals surface area contributed by atoms with Gasteiger partial charge in [-0.05, 0) is 73.0 Å². The molecule has 1 aromatic heterocycles. The van der Waals surface area contributed by atoms with Crippen LogP contribution in [0.1, 0.15) is 27.0 Å². The third-order valence-electron chi connectivity index (χ3n) is 5.41. The quantitative estimate of drug-likeness (QED) is 0.191.